The molecule has 1 heterocycles. The fraction of sp³-hybridized carbons (Fsp3) is 0.316. The second-order valence-electron chi connectivity index (χ2n) is 11.3. The molecule has 4 aromatic rings. The van der Waals surface area contributed by atoms with E-state index in [4.69, 9.17) is 20.9 Å². The Morgan fingerprint density at radius 1 is 0.767 bits per heavy atom. The van der Waals surface area contributed by atoms with E-state index in [0.29, 0.717) is 29.8 Å². The summed E-state index contributed by atoms with van der Waals surface area (Å²) in [5.74, 6) is 2.80. The Morgan fingerprint density at radius 3 is 1.98 bits per heavy atom. The number of anilines is 2. The first-order valence-corrected chi connectivity index (χ1v) is 16.4. The van der Waals surface area contributed by atoms with Crippen LogP contribution >= 0.6 is 11.3 Å². The first-order valence-electron chi connectivity index (χ1n) is 15.6. The summed E-state index contributed by atoms with van der Waals surface area (Å²) in [6, 6.07) is 25.4. The van der Waals surface area contributed by atoms with Gasteiger partial charge in [-0.15, -0.1) is 11.3 Å². The van der Waals surface area contributed by atoms with Gasteiger partial charge in [-0.3, -0.25) is 0 Å². The zero-order valence-corrected chi connectivity index (χ0v) is 26.5. The van der Waals surface area contributed by atoms with Gasteiger partial charge < -0.3 is 20.9 Å². The molecule has 0 saturated carbocycles. The number of unbranched alkanes of at least 4 members (excludes halogenated alkanes) is 1. The lowest BCUT2D eigenvalue weighted by Crippen LogP contribution is -2.11. The third-order valence-corrected chi connectivity index (χ3v) is 9.65. The van der Waals surface area contributed by atoms with E-state index in [1.54, 1.807) is 11.3 Å². The average Bonchev–Trinajstić information content (AvgIpc) is 3.35. The van der Waals surface area contributed by atoms with Crippen molar-refractivity contribution in [2.75, 3.05) is 24.7 Å². The molecule has 1 aliphatic rings. The number of allylic oxidation sites excluding steroid dienone is 4. The number of hydrogen-bond acceptors (Lipinski definition) is 5. The third kappa shape index (κ3) is 7.34. The van der Waals surface area contributed by atoms with E-state index >= 15 is 0 Å². The van der Waals surface area contributed by atoms with Crippen LogP contribution < -0.4 is 20.9 Å². The molecular weight excluding hydrogens is 548 g/mol. The minimum absolute atomic E-state index is 0.338. The number of nitrogen functional groups attached to an aromatic ring is 2. The van der Waals surface area contributed by atoms with Crippen LogP contribution in [0.1, 0.15) is 69.2 Å². The average molecular weight is 593 g/mol. The summed E-state index contributed by atoms with van der Waals surface area (Å²) in [6.45, 7) is 7.96. The molecule has 0 spiro atoms. The predicted octanol–water partition coefficient (Wildman–Crippen LogP) is 10.4. The lowest BCUT2D eigenvalue weighted by Gasteiger charge is -2.17. The molecule has 0 fully saturated rings. The molecule has 0 radical (unpaired) electrons. The van der Waals surface area contributed by atoms with Crippen LogP contribution in [0.4, 0.5) is 11.4 Å². The zero-order valence-electron chi connectivity index (χ0n) is 25.6. The molecule has 4 nitrogen and oxygen atoms in total. The highest BCUT2D eigenvalue weighted by molar-refractivity contribution is 7.18. The minimum atomic E-state index is 0.338. The van der Waals surface area contributed by atoms with E-state index in [0.717, 1.165) is 63.0 Å². The summed E-state index contributed by atoms with van der Waals surface area (Å²) in [6.07, 6.45) is 12.5. The highest BCUT2D eigenvalue weighted by Gasteiger charge is 2.20. The number of ether oxygens (including phenoxy) is 2. The summed E-state index contributed by atoms with van der Waals surface area (Å²) in [7, 11) is 0. The van der Waals surface area contributed by atoms with Gasteiger partial charge >= 0.3 is 0 Å². The predicted molar refractivity (Wildman–Crippen MR) is 185 cm³/mol. The molecule has 5 heteroatoms. The van der Waals surface area contributed by atoms with Crippen molar-refractivity contribution >= 4 is 28.3 Å². The topological polar surface area (TPSA) is 70.5 Å². The van der Waals surface area contributed by atoms with Crippen molar-refractivity contribution in [1.82, 2.24) is 0 Å². The van der Waals surface area contributed by atoms with E-state index in [1.807, 2.05) is 19.1 Å². The van der Waals surface area contributed by atoms with Crippen LogP contribution in [-0.4, -0.2) is 13.2 Å². The lowest BCUT2D eigenvalue weighted by atomic mass is 9.89. The number of benzene rings is 3. The first-order chi connectivity index (χ1) is 21.0. The van der Waals surface area contributed by atoms with E-state index in [2.05, 4.69) is 92.7 Å². The zero-order chi connectivity index (χ0) is 30.2. The Morgan fingerprint density at radius 2 is 1.37 bits per heavy atom. The largest absolute Gasteiger partial charge is 0.494 e. The maximum absolute atomic E-state index is 6.56. The Hall–Kier alpha value is -3.96. The summed E-state index contributed by atoms with van der Waals surface area (Å²) in [5, 5.41) is 0. The van der Waals surface area contributed by atoms with E-state index in [1.165, 1.54) is 24.8 Å². The van der Waals surface area contributed by atoms with Gasteiger partial charge in [-0.05, 0) is 77.8 Å². The fourth-order valence-electron chi connectivity index (χ4n) is 5.57. The maximum atomic E-state index is 6.56. The Kier molecular flexibility index (Phi) is 10.3. The molecule has 0 saturated heterocycles. The van der Waals surface area contributed by atoms with Gasteiger partial charge in [0.05, 0.1) is 34.3 Å². The molecule has 0 bridgehead atoms. The molecule has 1 aromatic heterocycles. The van der Waals surface area contributed by atoms with Crippen molar-refractivity contribution in [1.29, 1.82) is 0 Å². The van der Waals surface area contributed by atoms with Gasteiger partial charge in [0.15, 0.2) is 0 Å². The summed E-state index contributed by atoms with van der Waals surface area (Å²) < 4.78 is 11.7. The first kappa shape index (κ1) is 30.5. The monoisotopic (exact) mass is 592 g/mol. The van der Waals surface area contributed by atoms with Gasteiger partial charge in [0.25, 0.3) is 0 Å². The fourth-order valence-corrected chi connectivity index (χ4v) is 6.74. The van der Waals surface area contributed by atoms with Crippen molar-refractivity contribution in [3.63, 3.8) is 0 Å². The summed E-state index contributed by atoms with van der Waals surface area (Å²) in [5.41, 5.74) is 20.3. The Bertz CT molecular complexity index is 1530. The maximum Gasteiger partial charge on any atom is 0.119 e. The van der Waals surface area contributed by atoms with E-state index in [9.17, 15) is 0 Å². The lowest BCUT2D eigenvalue weighted by molar-refractivity contribution is 0.233. The van der Waals surface area contributed by atoms with Gasteiger partial charge in [-0.2, -0.15) is 0 Å². The van der Waals surface area contributed by atoms with Crippen molar-refractivity contribution in [2.24, 2.45) is 5.92 Å². The molecule has 0 aliphatic heterocycles. The second kappa shape index (κ2) is 14.5. The van der Waals surface area contributed by atoms with Gasteiger partial charge in [0.1, 0.15) is 11.5 Å². The van der Waals surface area contributed by atoms with Crippen LogP contribution in [0.15, 0.2) is 91.0 Å². The van der Waals surface area contributed by atoms with Crippen LogP contribution in [0.3, 0.4) is 0 Å². The quantitative estimate of drug-likeness (QED) is 0.162. The third-order valence-electron chi connectivity index (χ3n) is 8.33. The molecule has 0 amide bonds. The summed E-state index contributed by atoms with van der Waals surface area (Å²) >= 11 is 1.67. The second-order valence-corrected chi connectivity index (χ2v) is 12.3. The summed E-state index contributed by atoms with van der Waals surface area (Å²) in [4.78, 5) is 2.05. The van der Waals surface area contributed by atoms with Crippen LogP contribution in [0.5, 0.6) is 11.5 Å². The van der Waals surface area contributed by atoms with Crippen LogP contribution in [-0.2, 0) is 0 Å². The minimum Gasteiger partial charge on any atom is -0.494 e. The molecule has 43 heavy (non-hydrogen) atoms. The normalized spacial score (nSPS) is 15.2. The van der Waals surface area contributed by atoms with Gasteiger partial charge in [-0.1, -0.05) is 99.9 Å². The molecule has 2 unspecified atom stereocenters. The van der Waals surface area contributed by atoms with Crippen molar-refractivity contribution in [3.8, 4) is 33.1 Å². The molecule has 4 N–H and O–H groups in total. The number of nitrogens with two attached hydrogens (primary N) is 2. The van der Waals surface area contributed by atoms with Gasteiger partial charge in [0.2, 0.25) is 0 Å². The highest BCUT2D eigenvalue weighted by Crippen LogP contribution is 2.46. The smallest absolute Gasteiger partial charge is 0.119 e. The molecular formula is C38H44N2O2S. The van der Waals surface area contributed by atoms with E-state index in [-0.39, 0.29) is 0 Å². The molecule has 2 atom stereocenters. The number of rotatable bonds is 13. The molecule has 224 valence electrons. The number of hydrogen-bond donors (Lipinski definition) is 2. The Labute approximate surface area is 261 Å². The van der Waals surface area contributed by atoms with Crippen molar-refractivity contribution in [2.45, 2.75) is 58.8 Å². The van der Waals surface area contributed by atoms with Crippen LogP contribution in [0.2, 0.25) is 0 Å². The molecule has 5 rings (SSSR count). The van der Waals surface area contributed by atoms with Gasteiger partial charge in [0, 0.05) is 5.92 Å². The Balaban J connectivity index is 1.24. The van der Waals surface area contributed by atoms with Crippen LogP contribution in [0.25, 0.3) is 27.1 Å². The van der Waals surface area contributed by atoms with Crippen molar-refractivity contribution < 1.29 is 9.47 Å². The standard InChI is InChI=1S/C38H44N2O2S/c1-4-7-8-26(5-2)25-42-34-23-19-30(20-24-34)28-11-15-32(16-12-28)38-36(40)35(39)37(43-38)31-13-9-27(10-14-31)29-17-21-33(22-18-29)41-6-3/h9,11-24,26-27H,4-8,10,25,39-40H2,1-3H3. The number of thiophene rings is 1. The van der Waals surface area contributed by atoms with E-state index < -0.39 is 0 Å². The SMILES string of the molecule is CCCCC(CC)COc1ccc(-c2ccc(-c3sc(C4=CCC(c5ccc(OCC)cc5)C=C4)c(N)c3N)cc2)cc1. The molecule has 1 aliphatic carbocycles. The van der Waals surface area contributed by atoms with Crippen LogP contribution in [0, 0.1) is 5.92 Å². The molecule has 3 aromatic carbocycles. The van der Waals surface area contributed by atoms with Gasteiger partial charge in [-0.25, -0.2) is 0 Å². The van der Waals surface area contributed by atoms with Crippen molar-refractivity contribution in [3.05, 3.63) is 101 Å². The highest BCUT2D eigenvalue weighted by atomic mass is 32.1.